The number of hydrogen-bond donors (Lipinski definition) is 1. The predicted octanol–water partition coefficient (Wildman–Crippen LogP) is 2.25. The molecule has 1 aromatic heterocycles. The van der Waals surface area contributed by atoms with Gasteiger partial charge in [-0.3, -0.25) is 9.78 Å². The van der Waals surface area contributed by atoms with Crippen LogP contribution in [-0.2, 0) is 4.79 Å². The average molecular weight is 365 g/mol. The Morgan fingerprint density at radius 3 is 2.44 bits per heavy atom. The molecule has 25 heavy (non-hydrogen) atoms. The molecule has 1 amide bonds. The van der Waals surface area contributed by atoms with E-state index in [1.807, 2.05) is 0 Å². The van der Waals surface area contributed by atoms with Crippen molar-refractivity contribution in [3.05, 3.63) is 17.5 Å². The van der Waals surface area contributed by atoms with Gasteiger partial charge in [0.2, 0.25) is 5.91 Å². The zero-order valence-corrected chi connectivity index (χ0v) is 15.2. The lowest BCUT2D eigenvalue weighted by atomic mass is 9.77. The van der Waals surface area contributed by atoms with E-state index in [2.05, 4.69) is 19.8 Å². The van der Waals surface area contributed by atoms with E-state index in [0.29, 0.717) is 17.1 Å². The maximum atomic E-state index is 13.2. The minimum absolute atomic E-state index is 0.176. The summed E-state index contributed by atoms with van der Waals surface area (Å²) in [4.78, 5) is 25.9. The van der Waals surface area contributed by atoms with Crippen molar-refractivity contribution in [3.8, 4) is 0 Å². The van der Waals surface area contributed by atoms with E-state index in [4.69, 9.17) is 11.6 Å². The Kier molecular flexibility index (Phi) is 4.58. The molecule has 1 saturated carbocycles. The highest BCUT2D eigenvalue weighted by Crippen LogP contribution is 2.44. The molecule has 0 atom stereocenters. The van der Waals surface area contributed by atoms with Crippen molar-refractivity contribution in [2.24, 2.45) is 5.41 Å². The van der Waals surface area contributed by atoms with E-state index in [0.717, 1.165) is 70.4 Å². The summed E-state index contributed by atoms with van der Waals surface area (Å²) in [7, 11) is 0. The van der Waals surface area contributed by atoms with E-state index in [1.165, 1.54) is 6.20 Å². The summed E-state index contributed by atoms with van der Waals surface area (Å²) in [6.07, 6.45) is 9.31. The molecule has 136 valence electrons. The van der Waals surface area contributed by atoms with Crippen LogP contribution in [0.3, 0.4) is 0 Å². The second-order valence-corrected chi connectivity index (χ2v) is 8.07. The van der Waals surface area contributed by atoms with Crippen LogP contribution in [0.5, 0.6) is 0 Å². The van der Waals surface area contributed by atoms with Gasteiger partial charge in [-0.15, -0.1) is 0 Å². The van der Waals surface area contributed by atoms with Gasteiger partial charge in [-0.25, -0.2) is 4.98 Å². The number of likely N-dealkylation sites (tertiary alicyclic amines) is 1. The maximum Gasteiger partial charge on any atom is 0.229 e. The van der Waals surface area contributed by atoms with Gasteiger partial charge in [0.05, 0.1) is 23.9 Å². The highest BCUT2D eigenvalue weighted by atomic mass is 35.5. The fourth-order valence-electron chi connectivity index (χ4n) is 4.68. The highest BCUT2D eigenvalue weighted by molar-refractivity contribution is 6.29. The molecular weight excluding hydrogens is 340 g/mol. The summed E-state index contributed by atoms with van der Waals surface area (Å²) in [6, 6.07) is 0.326. The van der Waals surface area contributed by atoms with E-state index in [1.54, 1.807) is 6.20 Å². The molecular formula is C18H25ClN4O2. The first-order chi connectivity index (χ1) is 12.1. The number of halogens is 1. The smallest absolute Gasteiger partial charge is 0.229 e. The number of aliphatic hydroxyl groups excluding tert-OH is 1. The number of aromatic nitrogens is 2. The van der Waals surface area contributed by atoms with Crippen LogP contribution < -0.4 is 4.90 Å². The van der Waals surface area contributed by atoms with Crippen molar-refractivity contribution >= 4 is 23.3 Å². The number of anilines is 1. The van der Waals surface area contributed by atoms with Crippen LogP contribution in [-0.4, -0.2) is 57.7 Å². The number of rotatable bonds is 2. The molecule has 3 aliphatic rings. The van der Waals surface area contributed by atoms with Crippen molar-refractivity contribution in [2.45, 2.75) is 57.1 Å². The van der Waals surface area contributed by atoms with Gasteiger partial charge in [0.25, 0.3) is 0 Å². The lowest BCUT2D eigenvalue weighted by Gasteiger charge is -2.39. The van der Waals surface area contributed by atoms with Crippen LogP contribution in [0, 0.1) is 5.41 Å². The minimum atomic E-state index is -0.196. The average Bonchev–Trinajstić information content (AvgIpc) is 2.93. The lowest BCUT2D eigenvalue weighted by molar-refractivity contribution is -0.139. The van der Waals surface area contributed by atoms with Gasteiger partial charge >= 0.3 is 0 Å². The van der Waals surface area contributed by atoms with E-state index in [9.17, 15) is 9.90 Å². The summed E-state index contributed by atoms with van der Waals surface area (Å²) in [5.74, 6) is 1.14. The van der Waals surface area contributed by atoms with Crippen LogP contribution in [0.15, 0.2) is 12.4 Å². The Balaban J connectivity index is 1.40. The van der Waals surface area contributed by atoms with Crippen molar-refractivity contribution in [2.75, 3.05) is 24.5 Å². The quantitative estimate of drug-likeness (QED) is 0.871. The molecule has 2 aliphatic heterocycles. The molecule has 1 N–H and O–H groups in total. The lowest BCUT2D eigenvalue weighted by Crippen LogP contribution is -2.47. The molecule has 0 bridgehead atoms. The monoisotopic (exact) mass is 364 g/mol. The fourth-order valence-corrected chi connectivity index (χ4v) is 4.82. The predicted molar refractivity (Wildman–Crippen MR) is 95.5 cm³/mol. The molecule has 0 radical (unpaired) electrons. The van der Waals surface area contributed by atoms with E-state index < -0.39 is 0 Å². The maximum absolute atomic E-state index is 13.2. The van der Waals surface area contributed by atoms with Gasteiger partial charge in [-0.1, -0.05) is 11.6 Å². The first-order valence-corrected chi connectivity index (χ1v) is 9.67. The Labute approximate surface area is 153 Å². The van der Waals surface area contributed by atoms with Crippen molar-refractivity contribution in [1.82, 2.24) is 14.9 Å². The molecule has 1 aliphatic carbocycles. The number of aliphatic hydroxyl groups is 1. The number of carbonyl (C=O) groups is 1. The van der Waals surface area contributed by atoms with Crippen LogP contribution in [0.25, 0.3) is 0 Å². The Bertz CT molecular complexity index is 640. The molecule has 1 spiro atoms. The van der Waals surface area contributed by atoms with Gasteiger partial charge in [0.15, 0.2) is 0 Å². The number of amides is 1. The van der Waals surface area contributed by atoms with Crippen molar-refractivity contribution in [1.29, 1.82) is 0 Å². The van der Waals surface area contributed by atoms with Crippen LogP contribution in [0.1, 0.15) is 44.9 Å². The standard InChI is InChI=1S/C18H25ClN4O2/c19-15-11-20-12-16(21-15)22-8-5-18(6-9-22)7-10-23(17(18)25)13-1-3-14(24)4-2-13/h11-14,24H,1-10H2/t13-,14+. The molecule has 7 heteroatoms. The van der Waals surface area contributed by atoms with Gasteiger partial charge in [0, 0.05) is 25.7 Å². The SMILES string of the molecule is O=C1N([C@H]2CC[C@@H](O)CC2)CCC12CCN(c1cncc(Cl)n1)CC2. The van der Waals surface area contributed by atoms with E-state index >= 15 is 0 Å². The number of piperidine rings is 1. The van der Waals surface area contributed by atoms with Crippen molar-refractivity contribution < 1.29 is 9.90 Å². The molecule has 3 heterocycles. The van der Waals surface area contributed by atoms with Gasteiger partial charge in [0.1, 0.15) is 11.0 Å². The number of hydrogen-bond acceptors (Lipinski definition) is 5. The van der Waals surface area contributed by atoms with Crippen LogP contribution in [0.2, 0.25) is 5.15 Å². The second-order valence-electron chi connectivity index (χ2n) is 7.68. The Morgan fingerprint density at radius 1 is 1.08 bits per heavy atom. The summed E-state index contributed by atoms with van der Waals surface area (Å²) in [5.41, 5.74) is -0.196. The largest absolute Gasteiger partial charge is 0.393 e. The molecule has 4 rings (SSSR count). The van der Waals surface area contributed by atoms with Gasteiger partial charge in [-0.2, -0.15) is 0 Å². The normalized spacial score (nSPS) is 29.4. The Hall–Kier alpha value is -1.40. The zero-order chi connectivity index (χ0) is 17.4. The van der Waals surface area contributed by atoms with E-state index in [-0.39, 0.29) is 11.5 Å². The van der Waals surface area contributed by atoms with Crippen molar-refractivity contribution in [3.63, 3.8) is 0 Å². The third-order valence-corrected chi connectivity index (χ3v) is 6.47. The molecule has 2 saturated heterocycles. The Morgan fingerprint density at radius 2 is 1.76 bits per heavy atom. The van der Waals surface area contributed by atoms with Gasteiger partial charge < -0.3 is 14.9 Å². The first kappa shape index (κ1) is 17.0. The molecule has 3 fully saturated rings. The third kappa shape index (κ3) is 3.22. The molecule has 0 unspecified atom stereocenters. The third-order valence-electron chi connectivity index (χ3n) is 6.29. The fraction of sp³-hybridized carbons (Fsp3) is 0.722. The molecule has 0 aromatic carbocycles. The highest BCUT2D eigenvalue weighted by Gasteiger charge is 2.50. The summed E-state index contributed by atoms with van der Waals surface area (Å²) < 4.78 is 0. The molecule has 1 aromatic rings. The summed E-state index contributed by atoms with van der Waals surface area (Å²) in [5, 5.41) is 10.1. The summed E-state index contributed by atoms with van der Waals surface area (Å²) in [6.45, 7) is 2.51. The van der Waals surface area contributed by atoms with Gasteiger partial charge in [-0.05, 0) is 44.9 Å². The molecule has 6 nitrogen and oxygen atoms in total. The second kappa shape index (κ2) is 6.72. The number of nitrogens with zero attached hydrogens (tertiary/aromatic N) is 4. The minimum Gasteiger partial charge on any atom is -0.393 e. The number of carbonyl (C=O) groups excluding carboxylic acids is 1. The first-order valence-electron chi connectivity index (χ1n) is 9.29. The summed E-state index contributed by atoms with van der Waals surface area (Å²) >= 11 is 5.94. The van der Waals surface area contributed by atoms with Crippen LogP contribution in [0.4, 0.5) is 5.82 Å². The topological polar surface area (TPSA) is 69.6 Å². The van der Waals surface area contributed by atoms with Crippen LogP contribution >= 0.6 is 11.6 Å². The zero-order valence-electron chi connectivity index (χ0n) is 14.4.